The van der Waals surface area contributed by atoms with E-state index in [4.69, 9.17) is 9.47 Å². The van der Waals surface area contributed by atoms with Crippen LogP contribution in [-0.2, 0) is 13.0 Å². The van der Waals surface area contributed by atoms with Crippen LogP contribution in [0.5, 0.6) is 11.5 Å². The Morgan fingerprint density at radius 2 is 2.24 bits per heavy atom. The van der Waals surface area contributed by atoms with Gasteiger partial charge in [-0.25, -0.2) is 4.98 Å². The lowest BCUT2D eigenvalue weighted by atomic mass is 10.0. The van der Waals surface area contributed by atoms with Gasteiger partial charge >= 0.3 is 0 Å². The Labute approximate surface area is 172 Å². The first kappa shape index (κ1) is 19.5. The molecule has 1 atom stereocenters. The molecule has 29 heavy (non-hydrogen) atoms. The van der Waals surface area contributed by atoms with E-state index in [2.05, 4.69) is 45.7 Å². The zero-order chi connectivity index (χ0) is 20.2. The fourth-order valence-electron chi connectivity index (χ4n) is 4.34. The second-order valence-corrected chi connectivity index (χ2v) is 7.51. The fourth-order valence-corrected chi connectivity index (χ4v) is 4.34. The minimum atomic E-state index is 0.379. The number of hydrogen-bond acceptors (Lipinski definition) is 4. The maximum Gasteiger partial charge on any atom is 0.164 e. The molecule has 1 aliphatic heterocycles. The van der Waals surface area contributed by atoms with E-state index in [1.54, 1.807) is 7.11 Å². The zero-order valence-corrected chi connectivity index (χ0v) is 17.3. The molecule has 0 saturated carbocycles. The van der Waals surface area contributed by atoms with Gasteiger partial charge in [0.15, 0.2) is 11.5 Å². The van der Waals surface area contributed by atoms with E-state index >= 15 is 0 Å². The molecule has 4 rings (SSSR count). The summed E-state index contributed by atoms with van der Waals surface area (Å²) in [7, 11) is 1.70. The van der Waals surface area contributed by atoms with Crippen molar-refractivity contribution in [3.8, 4) is 11.5 Å². The molecular formula is C24H29N3O2. The van der Waals surface area contributed by atoms with Gasteiger partial charge in [-0.1, -0.05) is 12.1 Å². The second kappa shape index (κ2) is 8.70. The molecule has 3 heterocycles. The molecule has 5 nitrogen and oxygen atoms in total. The van der Waals surface area contributed by atoms with Crippen molar-refractivity contribution in [3.63, 3.8) is 0 Å². The summed E-state index contributed by atoms with van der Waals surface area (Å²) in [4.78, 5) is 10.5. The van der Waals surface area contributed by atoms with Gasteiger partial charge in [0.05, 0.1) is 19.8 Å². The van der Waals surface area contributed by atoms with E-state index in [9.17, 15) is 0 Å². The minimum Gasteiger partial charge on any atom is -0.493 e. The standard InChI is InChI=1S/C24H29N3O2/c1-4-8-18-13-17(14-22(28-3)23(18)29-5-2)16-27-12-7-10-21(27)20-15-19-9-6-11-25-24(19)26-20/h4,6,9,11,13-15,21H,1,5,7-8,10,12,16H2,2-3H3,(H,25,26)/t21-/m1/s1. The van der Waals surface area contributed by atoms with Gasteiger partial charge in [-0.2, -0.15) is 0 Å². The molecule has 3 aromatic rings. The molecule has 152 valence electrons. The van der Waals surface area contributed by atoms with Crippen molar-refractivity contribution in [1.82, 2.24) is 14.9 Å². The normalized spacial score (nSPS) is 17.0. The highest BCUT2D eigenvalue weighted by atomic mass is 16.5. The van der Waals surface area contributed by atoms with E-state index in [0.29, 0.717) is 12.6 Å². The number of hydrogen-bond donors (Lipinski definition) is 1. The lowest BCUT2D eigenvalue weighted by Gasteiger charge is -2.25. The number of nitrogens with zero attached hydrogens (tertiary/aromatic N) is 2. The number of allylic oxidation sites excluding steroid dienone is 1. The fraction of sp³-hybridized carbons (Fsp3) is 0.375. The zero-order valence-electron chi connectivity index (χ0n) is 17.3. The Morgan fingerprint density at radius 1 is 1.34 bits per heavy atom. The summed E-state index contributed by atoms with van der Waals surface area (Å²) in [6.07, 6.45) is 6.86. The Morgan fingerprint density at radius 3 is 3.00 bits per heavy atom. The predicted octanol–water partition coefficient (Wildman–Crippen LogP) is 5.04. The Kier molecular flexibility index (Phi) is 5.86. The molecule has 0 radical (unpaired) electrons. The number of methoxy groups -OCH3 is 1. The summed E-state index contributed by atoms with van der Waals surface area (Å²) >= 11 is 0. The van der Waals surface area contributed by atoms with Gasteiger partial charge in [0.1, 0.15) is 5.65 Å². The van der Waals surface area contributed by atoms with Crippen LogP contribution < -0.4 is 9.47 Å². The van der Waals surface area contributed by atoms with Gasteiger partial charge in [0.2, 0.25) is 0 Å². The van der Waals surface area contributed by atoms with E-state index in [1.807, 2.05) is 25.3 Å². The number of H-pyrrole nitrogens is 1. The quantitative estimate of drug-likeness (QED) is 0.547. The highest BCUT2D eigenvalue weighted by molar-refractivity contribution is 5.76. The summed E-state index contributed by atoms with van der Waals surface area (Å²) < 4.78 is 11.5. The number of rotatable bonds is 8. The first-order valence-corrected chi connectivity index (χ1v) is 10.3. The molecule has 5 heteroatoms. The van der Waals surface area contributed by atoms with Crippen molar-refractivity contribution in [2.45, 2.75) is 38.8 Å². The monoisotopic (exact) mass is 391 g/mol. The number of likely N-dealkylation sites (tertiary alicyclic amines) is 1. The average Bonchev–Trinajstić information content (AvgIpc) is 3.36. The number of aromatic nitrogens is 2. The van der Waals surface area contributed by atoms with Crippen LogP contribution in [0.3, 0.4) is 0 Å². The van der Waals surface area contributed by atoms with E-state index in [1.165, 1.54) is 23.1 Å². The van der Waals surface area contributed by atoms with Gasteiger partial charge in [-0.05, 0) is 62.6 Å². The van der Waals surface area contributed by atoms with Crippen molar-refractivity contribution in [2.75, 3.05) is 20.3 Å². The van der Waals surface area contributed by atoms with Crippen molar-refractivity contribution >= 4 is 11.0 Å². The Hall–Kier alpha value is -2.79. The first-order valence-electron chi connectivity index (χ1n) is 10.3. The van der Waals surface area contributed by atoms with Crippen molar-refractivity contribution < 1.29 is 9.47 Å². The number of fused-ring (bicyclic) bond motifs is 1. The van der Waals surface area contributed by atoms with Gasteiger partial charge < -0.3 is 14.5 Å². The molecule has 1 saturated heterocycles. The van der Waals surface area contributed by atoms with Crippen LogP contribution in [0.1, 0.15) is 42.6 Å². The summed E-state index contributed by atoms with van der Waals surface area (Å²) in [5.41, 5.74) is 4.58. The molecule has 0 spiro atoms. The first-order chi connectivity index (χ1) is 14.2. The van der Waals surface area contributed by atoms with Crippen LogP contribution in [-0.4, -0.2) is 35.1 Å². The van der Waals surface area contributed by atoms with E-state index in [-0.39, 0.29) is 0 Å². The maximum atomic E-state index is 5.86. The van der Waals surface area contributed by atoms with Crippen molar-refractivity contribution in [2.24, 2.45) is 0 Å². The molecule has 1 N–H and O–H groups in total. The molecule has 1 aliphatic rings. The van der Waals surface area contributed by atoms with Gasteiger partial charge in [0, 0.05) is 29.4 Å². The smallest absolute Gasteiger partial charge is 0.164 e. The Balaban J connectivity index is 1.61. The summed E-state index contributed by atoms with van der Waals surface area (Å²) in [6.45, 7) is 8.47. The third kappa shape index (κ3) is 4.01. The largest absolute Gasteiger partial charge is 0.493 e. The van der Waals surface area contributed by atoms with Crippen molar-refractivity contribution in [3.05, 3.63) is 66.0 Å². The van der Waals surface area contributed by atoms with Crippen LogP contribution in [0.15, 0.2) is 49.2 Å². The number of aromatic amines is 1. The molecule has 0 unspecified atom stereocenters. The SMILES string of the molecule is C=CCc1cc(CN2CCC[C@@H]2c2cc3cccnc3[nH]2)cc(OC)c1OCC. The highest BCUT2D eigenvalue weighted by Gasteiger charge is 2.28. The molecular weight excluding hydrogens is 362 g/mol. The summed E-state index contributed by atoms with van der Waals surface area (Å²) in [6, 6.07) is 11.1. The number of pyridine rings is 1. The number of benzene rings is 1. The minimum absolute atomic E-state index is 0.379. The van der Waals surface area contributed by atoms with Crippen molar-refractivity contribution in [1.29, 1.82) is 0 Å². The second-order valence-electron chi connectivity index (χ2n) is 7.51. The highest BCUT2D eigenvalue weighted by Crippen LogP contribution is 2.37. The van der Waals surface area contributed by atoms with Crippen LogP contribution in [0, 0.1) is 0 Å². The lowest BCUT2D eigenvalue weighted by molar-refractivity contribution is 0.244. The van der Waals surface area contributed by atoms with Crippen LogP contribution in [0.2, 0.25) is 0 Å². The predicted molar refractivity (Wildman–Crippen MR) is 117 cm³/mol. The summed E-state index contributed by atoms with van der Waals surface area (Å²) in [5, 5.41) is 1.17. The molecule has 0 amide bonds. The van der Waals surface area contributed by atoms with Crippen LogP contribution >= 0.6 is 0 Å². The lowest BCUT2D eigenvalue weighted by Crippen LogP contribution is -2.23. The third-order valence-electron chi connectivity index (χ3n) is 5.59. The Bertz CT molecular complexity index is 962. The molecule has 2 aromatic heterocycles. The average molecular weight is 392 g/mol. The molecule has 0 aliphatic carbocycles. The van der Waals surface area contributed by atoms with Gasteiger partial charge in [0.25, 0.3) is 0 Å². The molecule has 1 aromatic carbocycles. The summed E-state index contributed by atoms with van der Waals surface area (Å²) in [5.74, 6) is 1.63. The molecule has 0 bridgehead atoms. The number of ether oxygens (including phenoxy) is 2. The number of nitrogens with one attached hydrogen (secondary N) is 1. The van der Waals surface area contributed by atoms with Crippen LogP contribution in [0.4, 0.5) is 0 Å². The van der Waals surface area contributed by atoms with Crippen LogP contribution in [0.25, 0.3) is 11.0 Å². The topological polar surface area (TPSA) is 50.4 Å². The maximum absolute atomic E-state index is 5.86. The third-order valence-corrected chi connectivity index (χ3v) is 5.59. The van der Waals surface area contributed by atoms with Gasteiger partial charge in [-0.3, -0.25) is 4.90 Å². The van der Waals surface area contributed by atoms with E-state index < -0.39 is 0 Å². The van der Waals surface area contributed by atoms with E-state index in [0.717, 1.165) is 48.6 Å². The molecule has 1 fully saturated rings. The van der Waals surface area contributed by atoms with Gasteiger partial charge in [-0.15, -0.1) is 6.58 Å².